The van der Waals surface area contributed by atoms with Crippen LogP contribution >= 0.6 is 0 Å². The summed E-state index contributed by atoms with van der Waals surface area (Å²) in [6.45, 7) is 4.00. The number of esters is 1. The van der Waals surface area contributed by atoms with Crippen LogP contribution in [0.3, 0.4) is 0 Å². The maximum Gasteiger partial charge on any atom is 0.339 e. The van der Waals surface area contributed by atoms with Gasteiger partial charge in [0.05, 0.1) is 17.5 Å². The average Bonchev–Trinajstić information content (AvgIpc) is 3.19. The molecule has 0 radical (unpaired) electrons. The number of carbonyl (C=O) groups excluding carboxylic acids is 1. The van der Waals surface area contributed by atoms with Gasteiger partial charge in [-0.3, -0.25) is 4.79 Å². The topological polar surface area (TPSA) is 101 Å². The molecule has 3 rings (SSSR count). The quantitative estimate of drug-likeness (QED) is 0.584. The zero-order chi connectivity index (χ0) is 19.7. The van der Waals surface area contributed by atoms with Gasteiger partial charge in [-0.1, -0.05) is 18.6 Å². The van der Waals surface area contributed by atoms with Crippen LogP contribution in [0.2, 0.25) is 0 Å². The standard InChI is InChI=1S/C21H24O6/c1-3-14-11(2)16-10-27-21(26)19(16)18(20(24)25)15(14)8-7-12-5-4-6-13(12)9-17(22)23/h7,13H,3-6,8-10H2,1-2H3,(H,22,23)(H,24,25). The van der Waals surface area contributed by atoms with Crippen molar-refractivity contribution >= 4 is 17.9 Å². The van der Waals surface area contributed by atoms with Crippen molar-refractivity contribution in [1.82, 2.24) is 0 Å². The highest BCUT2D eigenvalue weighted by Crippen LogP contribution is 2.37. The van der Waals surface area contributed by atoms with Crippen molar-refractivity contribution < 1.29 is 29.3 Å². The van der Waals surface area contributed by atoms with E-state index in [1.165, 1.54) is 0 Å². The summed E-state index contributed by atoms with van der Waals surface area (Å²) in [6, 6.07) is 0. The Bertz CT molecular complexity index is 849. The van der Waals surface area contributed by atoms with Crippen molar-refractivity contribution in [2.45, 2.75) is 59.0 Å². The number of hydrogen-bond acceptors (Lipinski definition) is 4. The summed E-state index contributed by atoms with van der Waals surface area (Å²) in [7, 11) is 0. The second-order valence-electron chi connectivity index (χ2n) is 7.22. The van der Waals surface area contributed by atoms with Gasteiger partial charge in [0.1, 0.15) is 6.61 Å². The maximum atomic E-state index is 12.2. The summed E-state index contributed by atoms with van der Waals surface area (Å²) in [5.74, 6) is -2.50. The van der Waals surface area contributed by atoms with Crippen LogP contribution in [0.1, 0.15) is 75.6 Å². The Morgan fingerprint density at radius 3 is 2.63 bits per heavy atom. The highest BCUT2D eigenvalue weighted by atomic mass is 16.5. The van der Waals surface area contributed by atoms with Gasteiger partial charge in [-0.05, 0) is 61.6 Å². The number of benzene rings is 1. The van der Waals surface area contributed by atoms with Gasteiger partial charge in [-0.25, -0.2) is 9.59 Å². The van der Waals surface area contributed by atoms with Crippen LogP contribution in [0.15, 0.2) is 11.6 Å². The molecule has 0 bridgehead atoms. The van der Waals surface area contributed by atoms with Gasteiger partial charge >= 0.3 is 17.9 Å². The second-order valence-corrected chi connectivity index (χ2v) is 7.22. The first-order valence-electron chi connectivity index (χ1n) is 9.33. The third-order valence-electron chi connectivity index (χ3n) is 5.77. The lowest BCUT2D eigenvalue weighted by atomic mass is 9.85. The number of cyclic esters (lactones) is 1. The van der Waals surface area contributed by atoms with E-state index in [1.54, 1.807) is 0 Å². The maximum absolute atomic E-state index is 12.2. The number of rotatable bonds is 6. The van der Waals surface area contributed by atoms with Crippen molar-refractivity contribution in [3.05, 3.63) is 45.0 Å². The molecule has 0 amide bonds. The molecule has 1 aromatic carbocycles. The molecular weight excluding hydrogens is 348 g/mol. The molecule has 0 aromatic heterocycles. The molecule has 2 N–H and O–H groups in total. The third-order valence-corrected chi connectivity index (χ3v) is 5.77. The molecule has 0 spiro atoms. The van der Waals surface area contributed by atoms with E-state index in [0.29, 0.717) is 24.0 Å². The van der Waals surface area contributed by atoms with Crippen LogP contribution in [0.4, 0.5) is 0 Å². The van der Waals surface area contributed by atoms with Crippen molar-refractivity contribution in [3.8, 4) is 0 Å². The smallest absolute Gasteiger partial charge is 0.339 e. The van der Waals surface area contributed by atoms with Gasteiger partial charge < -0.3 is 14.9 Å². The fourth-order valence-electron chi connectivity index (χ4n) is 4.49. The molecule has 2 aliphatic rings. The Kier molecular flexibility index (Phi) is 5.35. The molecule has 27 heavy (non-hydrogen) atoms. The first-order valence-corrected chi connectivity index (χ1v) is 9.33. The molecule has 1 saturated carbocycles. The lowest BCUT2D eigenvalue weighted by Crippen LogP contribution is -2.15. The van der Waals surface area contributed by atoms with Crippen molar-refractivity contribution in [2.24, 2.45) is 5.92 Å². The minimum absolute atomic E-state index is 0.0151. The highest BCUT2D eigenvalue weighted by Gasteiger charge is 2.33. The zero-order valence-electron chi connectivity index (χ0n) is 15.6. The minimum Gasteiger partial charge on any atom is -0.481 e. The third kappa shape index (κ3) is 3.48. The minimum atomic E-state index is -1.12. The van der Waals surface area contributed by atoms with Crippen molar-refractivity contribution in [2.75, 3.05) is 0 Å². The molecule has 1 aromatic rings. The Balaban J connectivity index is 2.07. The normalized spacial score (nSPS) is 20.0. The first-order chi connectivity index (χ1) is 12.8. The molecule has 6 nitrogen and oxygen atoms in total. The number of hydrogen-bond donors (Lipinski definition) is 2. The lowest BCUT2D eigenvalue weighted by molar-refractivity contribution is -0.137. The monoisotopic (exact) mass is 372 g/mol. The van der Waals surface area contributed by atoms with Gasteiger partial charge in [-0.15, -0.1) is 0 Å². The Morgan fingerprint density at radius 1 is 1.26 bits per heavy atom. The average molecular weight is 372 g/mol. The van der Waals surface area contributed by atoms with Crippen LogP contribution in [-0.2, 0) is 29.0 Å². The number of allylic oxidation sites excluding steroid dienone is 2. The van der Waals surface area contributed by atoms with E-state index < -0.39 is 17.9 Å². The summed E-state index contributed by atoms with van der Waals surface area (Å²) in [5.41, 5.74) is 4.48. The Hall–Kier alpha value is -2.63. The molecule has 1 atom stereocenters. The van der Waals surface area contributed by atoms with E-state index in [2.05, 4.69) is 0 Å². The molecule has 0 saturated heterocycles. The van der Waals surface area contributed by atoms with Crippen LogP contribution in [0.25, 0.3) is 0 Å². The van der Waals surface area contributed by atoms with Crippen LogP contribution in [0, 0.1) is 12.8 Å². The fourth-order valence-corrected chi connectivity index (χ4v) is 4.49. The molecular formula is C21H24O6. The van der Waals surface area contributed by atoms with Gasteiger partial charge in [0.2, 0.25) is 0 Å². The van der Waals surface area contributed by atoms with Gasteiger partial charge in [0, 0.05) is 5.56 Å². The molecule has 1 aliphatic heterocycles. The summed E-state index contributed by atoms with van der Waals surface area (Å²) < 4.78 is 5.11. The van der Waals surface area contributed by atoms with Gasteiger partial charge in [-0.2, -0.15) is 0 Å². The van der Waals surface area contributed by atoms with E-state index >= 15 is 0 Å². The Morgan fingerprint density at radius 2 is 2.00 bits per heavy atom. The number of fused-ring (bicyclic) bond motifs is 1. The SMILES string of the molecule is CCc1c(C)c2c(c(C(=O)O)c1CC=C1CCCC1CC(=O)O)C(=O)OC2. The zero-order valence-corrected chi connectivity index (χ0v) is 15.6. The number of carboxylic acids is 2. The molecule has 144 valence electrons. The number of carboxylic acid groups (broad SMARTS) is 2. The predicted octanol–water partition coefficient (Wildman–Crippen LogP) is 3.67. The fraction of sp³-hybridized carbons (Fsp3) is 0.476. The summed E-state index contributed by atoms with van der Waals surface area (Å²) in [4.78, 5) is 35.2. The van der Waals surface area contributed by atoms with E-state index in [-0.39, 0.29) is 30.1 Å². The van der Waals surface area contributed by atoms with Gasteiger partial charge in [0.25, 0.3) is 0 Å². The number of ether oxygens (including phenoxy) is 1. The van der Waals surface area contributed by atoms with E-state index in [4.69, 9.17) is 9.84 Å². The largest absolute Gasteiger partial charge is 0.481 e. The van der Waals surface area contributed by atoms with Crippen molar-refractivity contribution in [1.29, 1.82) is 0 Å². The molecule has 1 unspecified atom stereocenters. The molecule has 1 fully saturated rings. The second kappa shape index (κ2) is 7.55. The summed E-state index contributed by atoms with van der Waals surface area (Å²) >= 11 is 0. The number of carbonyl (C=O) groups is 3. The lowest BCUT2D eigenvalue weighted by Gasteiger charge is -2.18. The van der Waals surface area contributed by atoms with Crippen molar-refractivity contribution in [3.63, 3.8) is 0 Å². The van der Waals surface area contributed by atoms with Crippen LogP contribution < -0.4 is 0 Å². The first kappa shape index (κ1) is 19.1. The van der Waals surface area contributed by atoms with Crippen LogP contribution in [0.5, 0.6) is 0 Å². The highest BCUT2D eigenvalue weighted by molar-refractivity contribution is 6.06. The van der Waals surface area contributed by atoms with Gasteiger partial charge in [0.15, 0.2) is 0 Å². The summed E-state index contributed by atoms with van der Waals surface area (Å²) in [5, 5.41) is 18.9. The molecule has 1 heterocycles. The Labute approximate surface area is 157 Å². The predicted molar refractivity (Wildman–Crippen MR) is 98.0 cm³/mol. The molecule has 6 heteroatoms. The number of aliphatic carboxylic acids is 1. The van der Waals surface area contributed by atoms with Crippen LogP contribution in [-0.4, -0.2) is 28.1 Å². The van der Waals surface area contributed by atoms with E-state index in [1.807, 2.05) is 19.9 Å². The molecule has 1 aliphatic carbocycles. The van der Waals surface area contributed by atoms with E-state index in [0.717, 1.165) is 36.0 Å². The summed E-state index contributed by atoms with van der Waals surface area (Å²) in [6.07, 6.45) is 5.77. The van der Waals surface area contributed by atoms with E-state index in [9.17, 15) is 19.5 Å². The number of aromatic carboxylic acids is 1.